The molecule has 0 spiro atoms. The zero-order valence-electron chi connectivity index (χ0n) is 12.1. The second-order valence-corrected chi connectivity index (χ2v) is 5.38. The van der Waals surface area contributed by atoms with E-state index < -0.39 is 6.04 Å². The van der Waals surface area contributed by atoms with Crippen molar-refractivity contribution < 1.29 is 4.79 Å². The molecular weight excluding hydrogens is 294 g/mol. The first-order chi connectivity index (χ1) is 10.7. The van der Waals surface area contributed by atoms with Crippen molar-refractivity contribution in [2.24, 2.45) is 5.10 Å². The predicted octanol–water partition coefficient (Wildman–Crippen LogP) is 2.82. The lowest BCUT2D eigenvalue weighted by molar-refractivity contribution is -0.128. The summed E-state index contributed by atoms with van der Waals surface area (Å²) >= 11 is 5.35. The van der Waals surface area contributed by atoms with Crippen LogP contribution in [0.4, 0.5) is 0 Å². The van der Waals surface area contributed by atoms with Crippen LogP contribution in [0.3, 0.4) is 0 Å². The van der Waals surface area contributed by atoms with Gasteiger partial charge in [0.05, 0.1) is 6.21 Å². The van der Waals surface area contributed by atoms with Gasteiger partial charge in [-0.15, -0.1) is 0 Å². The largest absolute Gasteiger partial charge is 0.334 e. The lowest BCUT2D eigenvalue weighted by atomic mass is 10.1. The van der Waals surface area contributed by atoms with E-state index in [1.807, 2.05) is 67.7 Å². The van der Waals surface area contributed by atoms with Crippen molar-refractivity contribution in [3.8, 4) is 0 Å². The molecule has 1 unspecified atom stereocenters. The average molecular weight is 309 g/mol. The van der Waals surface area contributed by atoms with Gasteiger partial charge in [0.25, 0.3) is 5.91 Å². The molecule has 0 aliphatic carbocycles. The highest BCUT2D eigenvalue weighted by atomic mass is 32.1. The number of likely N-dealkylation sites (N-methyl/N-ethyl adjacent to an activating group) is 1. The maximum atomic E-state index is 12.6. The van der Waals surface area contributed by atoms with Crippen LogP contribution in [-0.4, -0.2) is 34.2 Å². The number of benzene rings is 2. The van der Waals surface area contributed by atoms with Gasteiger partial charge in [-0.1, -0.05) is 60.7 Å². The standard InChI is InChI=1S/C17H15N3OS/c1-19-15(14-10-6-3-7-11-14)16(21)20(17(19)22)18-12-13-8-4-2-5-9-13/h2-12,15H,1H3/b18-12+. The van der Waals surface area contributed by atoms with Crippen LogP contribution in [0.5, 0.6) is 0 Å². The second kappa shape index (κ2) is 6.07. The van der Waals surface area contributed by atoms with Gasteiger partial charge in [0.15, 0.2) is 0 Å². The van der Waals surface area contributed by atoms with Crippen molar-refractivity contribution in [1.29, 1.82) is 0 Å². The number of nitrogens with zero attached hydrogens (tertiary/aromatic N) is 3. The molecule has 1 saturated heterocycles. The van der Waals surface area contributed by atoms with E-state index >= 15 is 0 Å². The van der Waals surface area contributed by atoms with Crippen molar-refractivity contribution in [2.45, 2.75) is 6.04 Å². The summed E-state index contributed by atoms with van der Waals surface area (Å²) in [6, 6.07) is 18.8. The Morgan fingerprint density at radius 3 is 2.27 bits per heavy atom. The van der Waals surface area contributed by atoms with E-state index in [1.54, 1.807) is 11.1 Å². The summed E-state index contributed by atoms with van der Waals surface area (Å²) in [5.74, 6) is -0.133. The summed E-state index contributed by atoms with van der Waals surface area (Å²) in [6.45, 7) is 0. The Balaban J connectivity index is 1.86. The lowest BCUT2D eigenvalue weighted by Gasteiger charge is -2.17. The first kappa shape index (κ1) is 14.4. The van der Waals surface area contributed by atoms with E-state index in [4.69, 9.17) is 12.2 Å². The number of thiocarbonyl (C=S) groups is 1. The molecule has 1 fully saturated rings. The Hall–Kier alpha value is -2.53. The fourth-order valence-electron chi connectivity index (χ4n) is 2.41. The summed E-state index contributed by atoms with van der Waals surface area (Å²) in [5, 5.41) is 5.96. The summed E-state index contributed by atoms with van der Waals surface area (Å²) in [5.41, 5.74) is 1.83. The number of hydrogen-bond acceptors (Lipinski definition) is 3. The number of carbonyl (C=O) groups excluding carboxylic acids is 1. The van der Waals surface area contributed by atoms with Crippen LogP contribution in [0.1, 0.15) is 17.2 Å². The first-order valence-corrected chi connectivity index (χ1v) is 7.34. The number of amides is 1. The Morgan fingerprint density at radius 1 is 1.05 bits per heavy atom. The van der Waals surface area contributed by atoms with Crippen LogP contribution < -0.4 is 0 Å². The summed E-state index contributed by atoms with van der Waals surface area (Å²) in [6.07, 6.45) is 1.64. The van der Waals surface area contributed by atoms with Gasteiger partial charge in [0.1, 0.15) is 6.04 Å². The first-order valence-electron chi connectivity index (χ1n) is 6.93. The molecule has 3 rings (SSSR count). The molecule has 0 aromatic heterocycles. The van der Waals surface area contributed by atoms with E-state index in [9.17, 15) is 4.79 Å². The Bertz CT molecular complexity index is 715. The monoisotopic (exact) mass is 309 g/mol. The fraction of sp³-hybridized carbons (Fsp3) is 0.118. The Kier molecular flexibility index (Phi) is 3.98. The van der Waals surface area contributed by atoms with E-state index in [0.29, 0.717) is 5.11 Å². The minimum Gasteiger partial charge on any atom is -0.334 e. The van der Waals surface area contributed by atoms with Gasteiger partial charge in [-0.2, -0.15) is 10.1 Å². The maximum absolute atomic E-state index is 12.6. The number of carbonyl (C=O) groups is 1. The van der Waals surface area contributed by atoms with Crippen molar-refractivity contribution in [3.63, 3.8) is 0 Å². The Morgan fingerprint density at radius 2 is 1.64 bits per heavy atom. The molecule has 1 heterocycles. The van der Waals surface area contributed by atoms with E-state index in [-0.39, 0.29) is 5.91 Å². The van der Waals surface area contributed by atoms with Gasteiger partial charge >= 0.3 is 0 Å². The van der Waals surface area contributed by atoms with Crippen LogP contribution in [0.25, 0.3) is 0 Å². The molecule has 1 aliphatic heterocycles. The van der Waals surface area contributed by atoms with Gasteiger partial charge < -0.3 is 4.90 Å². The number of hydrogen-bond donors (Lipinski definition) is 0. The number of rotatable bonds is 3. The molecule has 4 nitrogen and oxygen atoms in total. The molecule has 22 heavy (non-hydrogen) atoms. The predicted molar refractivity (Wildman–Crippen MR) is 90.4 cm³/mol. The molecule has 1 atom stereocenters. The minimum absolute atomic E-state index is 0.133. The third-order valence-electron chi connectivity index (χ3n) is 3.55. The van der Waals surface area contributed by atoms with E-state index in [2.05, 4.69) is 5.10 Å². The molecule has 0 N–H and O–H groups in total. The van der Waals surface area contributed by atoms with Crippen molar-refractivity contribution in [1.82, 2.24) is 9.91 Å². The molecule has 0 saturated carbocycles. The van der Waals surface area contributed by atoms with Gasteiger partial charge in [-0.3, -0.25) is 4.79 Å². The Labute approximate surface area is 134 Å². The van der Waals surface area contributed by atoms with Gasteiger partial charge in [-0.05, 0) is 23.3 Å². The highest BCUT2D eigenvalue weighted by Crippen LogP contribution is 2.29. The van der Waals surface area contributed by atoms with Crippen LogP contribution >= 0.6 is 12.2 Å². The van der Waals surface area contributed by atoms with E-state index in [0.717, 1.165) is 11.1 Å². The molecule has 1 aliphatic rings. The van der Waals surface area contributed by atoms with Gasteiger partial charge in [0, 0.05) is 7.05 Å². The molecule has 0 bridgehead atoms. The smallest absolute Gasteiger partial charge is 0.276 e. The zero-order valence-corrected chi connectivity index (χ0v) is 12.9. The third-order valence-corrected chi connectivity index (χ3v) is 4.01. The molecule has 0 radical (unpaired) electrons. The minimum atomic E-state index is -0.415. The van der Waals surface area contributed by atoms with Gasteiger partial charge in [-0.25, -0.2) is 0 Å². The van der Waals surface area contributed by atoms with Crippen molar-refractivity contribution in [3.05, 3.63) is 71.8 Å². The molecule has 1 amide bonds. The van der Waals surface area contributed by atoms with Crippen LogP contribution in [-0.2, 0) is 4.79 Å². The third kappa shape index (κ3) is 2.63. The lowest BCUT2D eigenvalue weighted by Crippen LogP contribution is -2.26. The SMILES string of the molecule is CN1C(=S)N(/N=C/c2ccccc2)C(=O)C1c1ccccc1. The van der Waals surface area contributed by atoms with Crippen LogP contribution in [0, 0.1) is 0 Å². The van der Waals surface area contributed by atoms with Crippen LogP contribution in [0.2, 0.25) is 0 Å². The molecular formula is C17H15N3OS. The number of hydrazone groups is 1. The summed E-state index contributed by atoms with van der Waals surface area (Å²) in [7, 11) is 1.82. The fourth-order valence-corrected chi connectivity index (χ4v) is 2.65. The highest BCUT2D eigenvalue weighted by Gasteiger charge is 2.41. The van der Waals surface area contributed by atoms with Gasteiger partial charge in [0.2, 0.25) is 5.11 Å². The van der Waals surface area contributed by atoms with Crippen molar-refractivity contribution in [2.75, 3.05) is 7.05 Å². The summed E-state index contributed by atoms with van der Waals surface area (Å²) < 4.78 is 0. The van der Waals surface area contributed by atoms with E-state index in [1.165, 1.54) is 5.01 Å². The normalized spacial score (nSPS) is 18.5. The molecule has 5 heteroatoms. The average Bonchev–Trinajstić information content (AvgIpc) is 2.77. The topological polar surface area (TPSA) is 35.9 Å². The maximum Gasteiger partial charge on any atom is 0.276 e. The molecule has 2 aromatic rings. The highest BCUT2D eigenvalue weighted by molar-refractivity contribution is 7.80. The summed E-state index contributed by atoms with van der Waals surface area (Å²) in [4.78, 5) is 14.4. The second-order valence-electron chi connectivity index (χ2n) is 5.01. The molecule has 2 aromatic carbocycles. The molecule has 110 valence electrons. The van der Waals surface area contributed by atoms with Crippen LogP contribution in [0.15, 0.2) is 65.8 Å². The van der Waals surface area contributed by atoms with Crippen molar-refractivity contribution >= 4 is 29.5 Å². The quantitative estimate of drug-likeness (QED) is 0.646. The zero-order chi connectivity index (χ0) is 15.5.